The van der Waals surface area contributed by atoms with Crippen LogP contribution in [0.3, 0.4) is 0 Å². The molecule has 0 aromatic rings. The Morgan fingerprint density at radius 3 is 2.20 bits per heavy atom. The normalized spacial score (nSPS) is 7.60. The van der Waals surface area contributed by atoms with Gasteiger partial charge in [-0.05, 0) is 13.3 Å². The molecule has 0 spiro atoms. The van der Waals surface area contributed by atoms with Crippen molar-refractivity contribution < 1.29 is 0 Å². The van der Waals surface area contributed by atoms with Gasteiger partial charge in [-0.1, -0.05) is 12.8 Å². The summed E-state index contributed by atoms with van der Waals surface area (Å²) in [6, 6.07) is 0. The predicted molar refractivity (Wildman–Crippen MR) is 21.7 cm³/mol. The summed E-state index contributed by atoms with van der Waals surface area (Å²) in [5, 5.41) is 0. The van der Waals surface area contributed by atoms with E-state index in [2.05, 4.69) is 12.8 Å². The smallest absolute Gasteiger partial charge is 0.0185 e. The van der Waals surface area contributed by atoms with Crippen molar-refractivity contribution in [3.05, 3.63) is 13.3 Å². The molecule has 0 saturated heterocycles. The van der Waals surface area contributed by atoms with Gasteiger partial charge in [0.1, 0.15) is 0 Å². The molecule has 0 heteroatoms. The molecule has 0 aliphatic heterocycles. The molecule has 0 heterocycles. The van der Waals surface area contributed by atoms with Crippen LogP contribution in [0.15, 0.2) is 0 Å². The lowest BCUT2D eigenvalue weighted by Crippen LogP contribution is -1.73. The molecular formula is C5H6. The second-order valence-electron chi connectivity index (χ2n) is 1.05. The SMILES string of the molecule is [C]#CC([CH2])C. The van der Waals surface area contributed by atoms with Crippen LogP contribution in [0, 0.1) is 25.2 Å². The summed E-state index contributed by atoms with van der Waals surface area (Å²) in [7, 11) is 0. The summed E-state index contributed by atoms with van der Waals surface area (Å²) in [5.74, 6) is 2.22. The molecule has 0 bridgehead atoms. The van der Waals surface area contributed by atoms with E-state index in [9.17, 15) is 0 Å². The van der Waals surface area contributed by atoms with Gasteiger partial charge in [0, 0.05) is 5.92 Å². The van der Waals surface area contributed by atoms with Gasteiger partial charge in [-0.2, -0.15) is 0 Å². The van der Waals surface area contributed by atoms with Crippen LogP contribution in [0.4, 0.5) is 0 Å². The van der Waals surface area contributed by atoms with Crippen LogP contribution >= 0.6 is 0 Å². The molecule has 0 fully saturated rings. The molecule has 0 aliphatic carbocycles. The Kier molecular flexibility index (Phi) is 1.68. The van der Waals surface area contributed by atoms with Crippen LogP contribution in [-0.2, 0) is 0 Å². The lowest BCUT2D eigenvalue weighted by Gasteiger charge is -1.79. The van der Waals surface area contributed by atoms with E-state index in [0.29, 0.717) is 0 Å². The molecule has 0 aromatic carbocycles. The third-order valence-electron chi connectivity index (χ3n) is 0.246. The second kappa shape index (κ2) is 1.84. The van der Waals surface area contributed by atoms with Crippen molar-refractivity contribution in [2.45, 2.75) is 6.92 Å². The number of hydrogen-bond acceptors (Lipinski definition) is 0. The van der Waals surface area contributed by atoms with Crippen molar-refractivity contribution in [1.29, 1.82) is 0 Å². The minimum atomic E-state index is 0.0509. The second-order valence-corrected chi connectivity index (χ2v) is 1.05. The van der Waals surface area contributed by atoms with Gasteiger partial charge in [0.2, 0.25) is 0 Å². The molecule has 26 valence electrons. The third kappa shape index (κ3) is 3.56. The number of rotatable bonds is 0. The molecule has 0 nitrogen and oxygen atoms in total. The van der Waals surface area contributed by atoms with Crippen molar-refractivity contribution in [2.24, 2.45) is 5.92 Å². The molecule has 2 radical (unpaired) electrons. The zero-order chi connectivity index (χ0) is 4.28. The molecule has 0 amide bonds. The maximum atomic E-state index is 6.34. The molecule has 0 rings (SSSR count). The molecule has 0 aliphatic rings. The maximum Gasteiger partial charge on any atom is 0.0185 e. The monoisotopic (exact) mass is 66.0 g/mol. The fourth-order valence-corrected chi connectivity index (χ4v) is 0. The summed E-state index contributed by atoms with van der Waals surface area (Å²) in [6.45, 7) is 5.27. The Labute approximate surface area is 33.2 Å². The van der Waals surface area contributed by atoms with Crippen LogP contribution in [0.25, 0.3) is 0 Å². The van der Waals surface area contributed by atoms with Crippen LogP contribution in [0.5, 0.6) is 0 Å². The fourth-order valence-electron chi connectivity index (χ4n) is 0. The van der Waals surface area contributed by atoms with Crippen molar-refractivity contribution in [1.82, 2.24) is 0 Å². The van der Waals surface area contributed by atoms with Gasteiger partial charge >= 0.3 is 0 Å². The topological polar surface area (TPSA) is 0 Å². The van der Waals surface area contributed by atoms with E-state index in [0.717, 1.165) is 0 Å². The minimum Gasteiger partial charge on any atom is -0.0860 e. The fraction of sp³-hybridized carbons (Fsp3) is 0.400. The van der Waals surface area contributed by atoms with Crippen molar-refractivity contribution in [2.75, 3.05) is 0 Å². The van der Waals surface area contributed by atoms with Crippen molar-refractivity contribution >= 4 is 0 Å². The molecule has 0 aromatic heterocycles. The van der Waals surface area contributed by atoms with E-state index >= 15 is 0 Å². The lowest BCUT2D eigenvalue weighted by atomic mass is 10.2. The summed E-state index contributed by atoms with van der Waals surface area (Å²) in [4.78, 5) is 0. The van der Waals surface area contributed by atoms with Crippen molar-refractivity contribution in [3.8, 4) is 5.92 Å². The Hall–Kier alpha value is -0.440. The first-order chi connectivity index (χ1) is 2.27. The molecular weight excluding hydrogens is 60.1 g/mol. The molecule has 0 N–H and O–H groups in total. The average molecular weight is 66.1 g/mol. The van der Waals surface area contributed by atoms with Gasteiger partial charge in [-0.15, -0.1) is 0 Å². The largest absolute Gasteiger partial charge is 0.0860 e. The Balaban J connectivity index is 2.94. The first kappa shape index (κ1) is 4.56. The highest BCUT2D eigenvalue weighted by Crippen LogP contribution is 1.81. The Morgan fingerprint density at radius 2 is 2.20 bits per heavy atom. The van der Waals surface area contributed by atoms with Gasteiger partial charge in [0.15, 0.2) is 0 Å². The van der Waals surface area contributed by atoms with Crippen LogP contribution in [0.2, 0.25) is 0 Å². The van der Waals surface area contributed by atoms with E-state index in [1.54, 1.807) is 0 Å². The molecule has 1 atom stereocenters. The average Bonchev–Trinajstić information content (AvgIpc) is 1.38. The zero-order valence-electron chi connectivity index (χ0n) is 3.28. The summed E-state index contributed by atoms with van der Waals surface area (Å²) < 4.78 is 0. The van der Waals surface area contributed by atoms with E-state index in [1.165, 1.54) is 0 Å². The highest BCUT2D eigenvalue weighted by atomic mass is 13.8. The van der Waals surface area contributed by atoms with Gasteiger partial charge in [0.25, 0.3) is 0 Å². The number of hydrogen-bond donors (Lipinski definition) is 0. The van der Waals surface area contributed by atoms with Gasteiger partial charge in [-0.25, -0.2) is 0 Å². The highest BCUT2D eigenvalue weighted by molar-refractivity contribution is 4.84. The summed E-state index contributed by atoms with van der Waals surface area (Å²) in [6.07, 6.45) is 6.34. The lowest BCUT2D eigenvalue weighted by molar-refractivity contribution is 0.976. The minimum absolute atomic E-state index is 0.0509. The zero-order valence-corrected chi connectivity index (χ0v) is 3.28. The first-order valence-corrected chi connectivity index (χ1v) is 1.52. The van der Waals surface area contributed by atoms with E-state index in [1.807, 2.05) is 6.92 Å². The third-order valence-corrected chi connectivity index (χ3v) is 0.246. The van der Waals surface area contributed by atoms with Gasteiger partial charge in [-0.3, -0.25) is 0 Å². The quantitative estimate of drug-likeness (QED) is 0.371. The molecule has 5 heavy (non-hydrogen) atoms. The Morgan fingerprint density at radius 1 is 2.00 bits per heavy atom. The summed E-state index contributed by atoms with van der Waals surface area (Å²) >= 11 is 0. The highest BCUT2D eigenvalue weighted by Gasteiger charge is 1.75. The predicted octanol–water partition coefficient (Wildman–Crippen LogP) is 1.05. The Bertz CT molecular complexity index is 45.5. The van der Waals surface area contributed by atoms with E-state index < -0.39 is 0 Å². The van der Waals surface area contributed by atoms with E-state index in [-0.39, 0.29) is 5.92 Å². The maximum absolute atomic E-state index is 6.34. The van der Waals surface area contributed by atoms with Crippen LogP contribution in [-0.4, -0.2) is 0 Å². The van der Waals surface area contributed by atoms with Gasteiger partial charge in [0.05, 0.1) is 0 Å². The summed E-state index contributed by atoms with van der Waals surface area (Å²) in [5.41, 5.74) is 0. The molecule has 1 unspecified atom stereocenters. The van der Waals surface area contributed by atoms with Crippen molar-refractivity contribution in [3.63, 3.8) is 0 Å². The van der Waals surface area contributed by atoms with Gasteiger partial charge < -0.3 is 0 Å². The van der Waals surface area contributed by atoms with Crippen LogP contribution in [0.1, 0.15) is 6.92 Å². The first-order valence-electron chi connectivity index (χ1n) is 1.52. The van der Waals surface area contributed by atoms with E-state index in [4.69, 9.17) is 6.42 Å². The molecule has 0 saturated carbocycles. The standard InChI is InChI=1S/C5H6/c1-4-5(2)3/h5H,2H2,3H3. The van der Waals surface area contributed by atoms with Crippen LogP contribution < -0.4 is 0 Å².